The van der Waals surface area contributed by atoms with E-state index in [9.17, 15) is 13.2 Å². The minimum absolute atomic E-state index is 0.0983. The molecular formula is C28H34N2O6S. The van der Waals surface area contributed by atoms with Crippen molar-refractivity contribution in [3.63, 3.8) is 0 Å². The van der Waals surface area contributed by atoms with E-state index in [0.717, 1.165) is 30.4 Å². The van der Waals surface area contributed by atoms with Crippen LogP contribution in [0.3, 0.4) is 0 Å². The fourth-order valence-electron chi connectivity index (χ4n) is 3.78. The summed E-state index contributed by atoms with van der Waals surface area (Å²) in [5, 5.41) is 2.84. The van der Waals surface area contributed by atoms with Crippen molar-refractivity contribution in [2.75, 3.05) is 37.9 Å². The number of hydrogen-bond acceptors (Lipinski definition) is 6. The summed E-state index contributed by atoms with van der Waals surface area (Å²) in [5.41, 5.74) is 2.92. The van der Waals surface area contributed by atoms with Crippen molar-refractivity contribution in [2.45, 2.75) is 26.3 Å². The Morgan fingerprint density at radius 1 is 0.892 bits per heavy atom. The molecule has 0 heterocycles. The molecule has 37 heavy (non-hydrogen) atoms. The predicted molar refractivity (Wildman–Crippen MR) is 145 cm³/mol. The summed E-state index contributed by atoms with van der Waals surface area (Å²) in [6, 6.07) is 19.7. The maximum atomic E-state index is 12.5. The molecule has 1 amide bonds. The molecule has 0 aliphatic heterocycles. The van der Waals surface area contributed by atoms with Gasteiger partial charge in [0.2, 0.25) is 10.0 Å². The maximum Gasteiger partial charge on any atom is 0.251 e. The third kappa shape index (κ3) is 7.88. The number of anilines is 1. The number of hydrogen-bond donors (Lipinski definition) is 1. The molecule has 8 nitrogen and oxygen atoms in total. The summed E-state index contributed by atoms with van der Waals surface area (Å²) in [6.45, 7) is 2.95. The van der Waals surface area contributed by atoms with Gasteiger partial charge in [-0.05, 0) is 53.9 Å². The second-order valence-electron chi connectivity index (χ2n) is 8.50. The molecule has 9 heteroatoms. The van der Waals surface area contributed by atoms with Crippen LogP contribution in [-0.2, 0) is 23.0 Å². The maximum absolute atomic E-state index is 12.5. The lowest BCUT2D eigenvalue weighted by Gasteiger charge is -2.23. The van der Waals surface area contributed by atoms with Gasteiger partial charge < -0.3 is 19.5 Å². The van der Waals surface area contributed by atoms with Crippen LogP contribution in [0.2, 0.25) is 0 Å². The molecule has 3 aromatic rings. The summed E-state index contributed by atoms with van der Waals surface area (Å²) < 4.78 is 42.6. The van der Waals surface area contributed by atoms with Crippen LogP contribution in [0.5, 0.6) is 17.2 Å². The van der Waals surface area contributed by atoms with Crippen molar-refractivity contribution in [1.82, 2.24) is 5.32 Å². The Morgan fingerprint density at radius 3 is 2.14 bits per heavy atom. The average molecular weight is 527 g/mol. The second-order valence-corrected chi connectivity index (χ2v) is 10.4. The molecule has 3 rings (SSSR count). The topological polar surface area (TPSA) is 94.2 Å². The number of benzene rings is 3. The zero-order chi connectivity index (χ0) is 26.8. The van der Waals surface area contributed by atoms with E-state index in [-0.39, 0.29) is 12.5 Å². The largest absolute Gasteiger partial charge is 0.493 e. The molecule has 0 fully saturated rings. The number of rotatable bonds is 13. The number of amides is 1. The van der Waals surface area contributed by atoms with E-state index in [4.69, 9.17) is 14.2 Å². The standard InChI is InChI=1S/C28H34N2O6S/c1-5-6-21-9-14-25(15-10-21)36-18-17-29-28(31)23-11-7-22(8-12-23)20-30(37(4,32)33)24-13-16-26(34-2)27(19-24)35-3/h7-16,19H,5-6,17-18,20H2,1-4H3,(H,29,31). The fraction of sp³-hybridized carbons (Fsp3) is 0.321. The zero-order valence-electron chi connectivity index (χ0n) is 21.7. The van der Waals surface area contributed by atoms with Gasteiger partial charge >= 0.3 is 0 Å². The number of ether oxygens (including phenoxy) is 3. The quantitative estimate of drug-likeness (QED) is 0.331. The van der Waals surface area contributed by atoms with Crippen LogP contribution in [0.4, 0.5) is 5.69 Å². The van der Waals surface area contributed by atoms with Crippen LogP contribution >= 0.6 is 0 Å². The Kier molecular flexibility index (Phi) is 9.79. The van der Waals surface area contributed by atoms with Gasteiger partial charge in [0.15, 0.2) is 11.5 Å². The Balaban J connectivity index is 1.58. The monoisotopic (exact) mass is 526 g/mol. The van der Waals surface area contributed by atoms with E-state index >= 15 is 0 Å². The lowest BCUT2D eigenvalue weighted by Crippen LogP contribution is -2.29. The van der Waals surface area contributed by atoms with Gasteiger partial charge in [0.1, 0.15) is 12.4 Å². The van der Waals surface area contributed by atoms with Gasteiger partial charge in [-0.3, -0.25) is 9.10 Å². The molecule has 0 saturated heterocycles. The Hall–Kier alpha value is -3.72. The van der Waals surface area contributed by atoms with Crippen LogP contribution < -0.4 is 23.8 Å². The van der Waals surface area contributed by atoms with Crippen LogP contribution in [0.15, 0.2) is 66.7 Å². The summed E-state index contributed by atoms with van der Waals surface area (Å²) >= 11 is 0. The van der Waals surface area contributed by atoms with Crippen molar-refractivity contribution >= 4 is 21.6 Å². The van der Waals surface area contributed by atoms with Gasteiger partial charge in [-0.2, -0.15) is 0 Å². The molecule has 1 N–H and O–H groups in total. The molecule has 198 valence electrons. The molecule has 0 aliphatic rings. The summed E-state index contributed by atoms with van der Waals surface area (Å²) in [7, 11) is -0.577. The minimum Gasteiger partial charge on any atom is -0.493 e. The Morgan fingerprint density at radius 2 is 1.54 bits per heavy atom. The molecule has 3 aromatic carbocycles. The molecule has 0 saturated carbocycles. The summed E-state index contributed by atoms with van der Waals surface area (Å²) in [4.78, 5) is 12.5. The van der Waals surface area contributed by atoms with Gasteiger partial charge in [-0.1, -0.05) is 37.6 Å². The summed E-state index contributed by atoms with van der Waals surface area (Å²) in [5.74, 6) is 1.47. The van der Waals surface area contributed by atoms with E-state index in [2.05, 4.69) is 24.4 Å². The van der Waals surface area contributed by atoms with Crippen molar-refractivity contribution in [1.29, 1.82) is 0 Å². The highest BCUT2D eigenvalue weighted by Crippen LogP contribution is 2.33. The highest BCUT2D eigenvalue weighted by molar-refractivity contribution is 7.92. The van der Waals surface area contributed by atoms with Gasteiger partial charge in [0, 0.05) is 11.6 Å². The van der Waals surface area contributed by atoms with E-state index in [0.29, 0.717) is 35.9 Å². The lowest BCUT2D eigenvalue weighted by atomic mass is 10.1. The van der Waals surface area contributed by atoms with Gasteiger partial charge in [0.05, 0.1) is 39.3 Å². The fourth-order valence-corrected chi connectivity index (χ4v) is 4.66. The number of carbonyl (C=O) groups excluding carboxylic acids is 1. The molecule has 0 bridgehead atoms. The molecule has 0 radical (unpaired) electrons. The molecule has 0 atom stereocenters. The second kappa shape index (κ2) is 13.0. The van der Waals surface area contributed by atoms with Gasteiger partial charge in [-0.25, -0.2) is 8.42 Å². The molecule has 0 aromatic heterocycles. The molecule has 0 spiro atoms. The van der Waals surface area contributed by atoms with Crippen LogP contribution in [0, 0.1) is 0 Å². The van der Waals surface area contributed by atoms with Gasteiger partial charge in [0.25, 0.3) is 5.91 Å². The van der Waals surface area contributed by atoms with Crippen molar-refractivity contribution < 1.29 is 27.4 Å². The third-order valence-electron chi connectivity index (χ3n) is 5.72. The number of sulfonamides is 1. The van der Waals surface area contributed by atoms with Crippen molar-refractivity contribution in [2.24, 2.45) is 0 Å². The minimum atomic E-state index is -3.59. The first-order chi connectivity index (χ1) is 17.7. The Bertz CT molecular complexity index is 1280. The first-order valence-electron chi connectivity index (χ1n) is 12.0. The van der Waals surface area contributed by atoms with Crippen LogP contribution in [0.25, 0.3) is 0 Å². The first kappa shape index (κ1) is 27.9. The van der Waals surface area contributed by atoms with E-state index in [1.54, 1.807) is 42.5 Å². The zero-order valence-corrected chi connectivity index (χ0v) is 22.5. The van der Waals surface area contributed by atoms with E-state index < -0.39 is 10.0 Å². The van der Waals surface area contributed by atoms with E-state index in [1.165, 1.54) is 24.1 Å². The number of nitrogens with zero attached hydrogens (tertiary/aromatic N) is 1. The van der Waals surface area contributed by atoms with Gasteiger partial charge in [-0.15, -0.1) is 0 Å². The Labute approximate surface area is 219 Å². The van der Waals surface area contributed by atoms with Crippen LogP contribution in [0.1, 0.15) is 34.8 Å². The highest BCUT2D eigenvalue weighted by atomic mass is 32.2. The molecule has 0 aliphatic carbocycles. The number of nitrogens with one attached hydrogen (secondary N) is 1. The normalized spacial score (nSPS) is 11.0. The summed E-state index contributed by atoms with van der Waals surface area (Å²) in [6.07, 6.45) is 3.28. The lowest BCUT2D eigenvalue weighted by molar-refractivity contribution is 0.0947. The van der Waals surface area contributed by atoms with Crippen LogP contribution in [-0.4, -0.2) is 48.0 Å². The SMILES string of the molecule is CCCc1ccc(OCCNC(=O)c2ccc(CN(c3ccc(OC)c(OC)c3)S(C)(=O)=O)cc2)cc1. The number of methoxy groups -OCH3 is 2. The third-order valence-corrected chi connectivity index (χ3v) is 6.86. The van der Waals surface area contributed by atoms with Crippen molar-refractivity contribution in [3.8, 4) is 17.2 Å². The highest BCUT2D eigenvalue weighted by Gasteiger charge is 2.20. The smallest absolute Gasteiger partial charge is 0.251 e. The molecular weight excluding hydrogens is 492 g/mol. The number of aryl methyl sites for hydroxylation is 1. The first-order valence-corrected chi connectivity index (χ1v) is 13.9. The predicted octanol–water partition coefficient (Wildman–Crippen LogP) is 4.43. The van der Waals surface area contributed by atoms with E-state index in [1.807, 2.05) is 12.1 Å². The average Bonchev–Trinajstić information content (AvgIpc) is 2.90. The van der Waals surface area contributed by atoms with Crippen molar-refractivity contribution in [3.05, 3.63) is 83.4 Å². The number of carbonyl (C=O) groups is 1. The molecule has 0 unspecified atom stereocenters.